The molecule has 1 N–H and O–H groups in total. The highest BCUT2D eigenvalue weighted by Gasteiger charge is 1.92. The smallest absolute Gasteiger partial charge is 0.115 e. The zero-order chi connectivity index (χ0) is 10.8. The Hall–Kier alpha value is -1.22. The lowest BCUT2D eigenvalue weighted by molar-refractivity contribution is 0.600. The number of aromatic nitrogens is 2. The van der Waals surface area contributed by atoms with Crippen LogP contribution < -0.4 is 5.32 Å². The average Bonchev–Trinajstić information content (AvgIpc) is 2.29. The lowest BCUT2D eigenvalue weighted by Crippen LogP contribution is -2.15. The Labute approximate surface area is 91.7 Å². The Balaban J connectivity index is 1.95. The second kappa shape index (κ2) is 8.12. The molecule has 0 fully saturated rings. The molecule has 0 aromatic carbocycles. The summed E-state index contributed by atoms with van der Waals surface area (Å²) >= 11 is 0. The van der Waals surface area contributed by atoms with Gasteiger partial charge in [-0.05, 0) is 31.9 Å². The van der Waals surface area contributed by atoms with Gasteiger partial charge in [0.15, 0.2) is 0 Å². The van der Waals surface area contributed by atoms with Crippen molar-refractivity contribution in [1.29, 1.82) is 0 Å². The van der Waals surface area contributed by atoms with Crippen molar-refractivity contribution in [3.05, 3.63) is 36.9 Å². The van der Waals surface area contributed by atoms with Crippen molar-refractivity contribution in [2.75, 3.05) is 6.54 Å². The molecule has 0 saturated heterocycles. The van der Waals surface area contributed by atoms with Gasteiger partial charge in [-0.3, -0.25) is 0 Å². The Kier molecular flexibility index (Phi) is 6.41. The second-order valence-electron chi connectivity index (χ2n) is 3.52. The molecule has 1 aromatic rings. The molecule has 3 nitrogen and oxygen atoms in total. The fraction of sp³-hybridized carbons (Fsp3) is 0.500. The summed E-state index contributed by atoms with van der Waals surface area (Å²) in [4.78, 5) is 8.01. The van der Waals surface area contributed by atoms with Gasteiger partial charge in [-0.2, -0.15) is 0 Å². The minimum Gasteiger partial charge on any atom is -0.311 e. The summed E-state index contributed by atoms with van der Waals surface area (Å²) in [5.74, 6) is 0. The number of nitrogens with zero attached hydrogens (tertiary/aromatic N) is 2. The number of hydrogen-bond donors (Lipinski definition) is 1. The van der Waals surface area contributed by atoms with E-state index in [0.717, 1.165) is 25.2 Å². The van der Waals surface area contributed by atoms with Crippen molar-refractivity contribution in [3.63, 3.8) is 0 Å². The van der Waals surface area contributed by atoms with Gasteiger partial charge in [-0.1, -0.05) is 12.5 Å². The topological polar surface area (TPSA) is 37.8 Å². The number of hydrogen-bond acceptors (Lipinski definition) is 3. The average molecular weight is 205 g/mol. The normalized spacial score (nSPS) is 10.1. The molecule has 0 atom stereocenters. The molecule has 1 rings (SSSR count). The van der Waals surface area contributed by atoms with Crippen molar-refractivity contribution in [2.24, 2.45) is 0 Å². The molecule has 1 heterocycles. The maximum absolute atomic E-state index is 4.14. The van der Waals surface area contributed by atoms with E-state index in [1.807, 2.05) is 12.1 Å². The van der Waals surface area contributed by atoms with Crippen molar-refractivity contribution >= 4 is 0 Å². The van der Waals surface area contributed by atoms with Crippen LogP contribution in [0.15, 0.2) is 31.2 Å². The van der Waals surface area contributed by atoms with E-state index in [0.29, 0.717) is 0 Å². The van der Waals surface area contributed by atoms with E-state index in [-0.39, 0.29) is 0 Å². The molecular formula is C12H19N3. The van der Waals surface area contributed by atoms with Crippen LogP contribution >= 0.6 is 0 Å². The quantitative estimate of drug-likeness (QED) is 0.523. The zero-order valence-corrected chi connectivity index (χ0v) is 9.15. The molecule has 0 aliphatic heterocycles. The molecular weight excluding hydrogens is 186 g/mol. The van der Waals surface area contributed by atoms with Crippen LogP contribution in [0, 0.1) is 0 Å². The first-order valence-corrected chi connectivity index (χ1v) is 5.50. The second-order valence-corrected chi connectivity index (χ2v) is 3.52. The van der Waals surface area contributed by atoms with Crippen LogP contribution in [0.1, 0.15) is 31.4 Å². The number of allylic oxidation sites excluding steroid dienone is 1. The van der Waals surface area contributed by atoms with Crippen LogP contribution in [0.5, 0.6) is 0 Å². The molecule has 0 aliphatic carbocycles. The van der Waals surface area contributed by atoms with Gasteiger partial charge in [0.25, 0.3) is 0 Å². The van der Waals surface area contributed by atoms with Crippen LogP contribution in [0.4, 0.5) is 0 Å². The molecule has 0 saturated carbocycles. The highest BCUT2D eigenvalue weighted by Crippen LogP contribution is 1.99. The third-order valence-electron chi connectivity index (χ3n) is 2.21. The van der Waals surface area contributed by atoms with Gasteiger partial charge in [-0.15, -0.1) is 6.58 Å². The van der Waals surface area contributed by atoms with Crippen LogP contribution in [0.3, 0.4) is 0 Å². The maximum atomic E-state index is 4.14. The molecule has 1 aromatic heterocycles. The van der Waals surface area contributed by atoms with Crippen molar-refractivity contribution < 1.29 is 0 Å². The molecule has 0 amide bonds. The van der Waals surface area contributed by atoms with Gasteiger partial charge in [0.1, 0.15) is 6.33 Å². The Bertz CT molecular complexity index is 259. The molecule has 82 valence electrons. The standard InChI is InChI=1S/C12H19N3/c1-2-3-4-5-6-8-13-10-12-7-9-14-11-15-12/h2,7,9,11,13H,1,3-6,8,10H2. The van der Waals surface area contributed by atoms with E-state index >= 15 is 0 Å². The largest absolute Gasteiger partial charge is 0.311 e. The Morgan fingerprint density at radius 1 is 1.33 bits per heavy atom. The minimum absolute atomic E-state index is 0.837. The maximum Gasteiger partial charge on any atom is 0.115 e. The molecule has 15 heavy (non-hydrogen) atoms. The first-order valence-electron chi connectivity index (χ1n) is 5.50. The van der Waals surface area contributed by atoms with Crippen LogP contribution in [-0.2, 0) is 6.54 Å². The molecule has 0 unspecified atom stereocenters. The van der Waals surface area contributed by atoms with E-state index in [1.54, 1.807) is 12.5 Å². The SMILES string of the molecule is C=CCCCCCNCc1ccncn1. The van der Waals surface area contributed by atoms with E-state index in [9.17, 15) is 0 Å². The van der Waals surface area contributed by atoms with Crippen molar-refractivity contribution in [2.45, 2.75) is 32.2 Å². The van der Waals surface area contributed by atoms with Crippen LogP contribution in [0.2, 0.25) is 0 Å². The van der Waals surface area contributed by atoms with Gasteiger partial charge < -0.3 is 5.32 Å². The highest BCUT2D eigenvalue weighted by molar-refractivity contribution is 4.96. The zero-order valence-electron chi connectivity index (χ0n) is 9.15. The fourth-order valence-corrected chi connectivity index (χ4v) is 1.35. The highest BCUT2D eigenvalue weighted by atomic mass is 14.9. The van der Waals surface area contributed by atoms with Crippen molar-refractivity contribution in [3.8, 4) is 0 Å². The fourth-order valence-electron chi connectivity index (χ4n) is 1.35. The van der Waals surface area contributed by atoms with Crippen LogP contribution in [-0.4, -0.2) is 16.5 Å². The molecule has 0 aliphatic rings. The summed E-state index contributed by atoms with van der Waals surface area (Å²) in [6, 6.07) is 1.94. The lowest BCUT2D eigenvalue weighted by atomic mass is 10.2. The third kappa shape index (κ3) is 5.96. The first kappa shape index (κ1) is 11.9. The number of unbranched alkanes of at least 4 members (excludes halogenated alkanes) is 3. The van der Waals surface area contributed by atoms with Gasteiger partial charge >= 0.3 is 0 Å². The van der Waals surface area contributed by atoms with E-state index in [2.05, 4.69) is 21.9 Å². The summed E-state index contributed by atoms with van der Waals surface area (Å²) in [5, 5.41) is 3.36. The molecule has 0 spiro atoms. The molecule has 0 bridgehead atoms. The third-order valence-corrected chi connectivity index (χ3v) is 2.21. The molecule has 3 heteroatoms. The predicted molar refractivity (Wildman–Crippen MR) is 62.4 cm³/mol. The van der Waals surface area contributed by atoms with Gasteiger partial charge in [0.2, 0.25) is 0 Å². The minimum atomic E-state index is 0.837. The lowest BCUT2D eigenvalue weighted by Gasteiger charge is -2.03. The van der Waals surface area contributed by atoms with Crippen molar-refractivity contribution in [1.82, 2.24) is 15.3 Å². The monoisotopic (exact) mass is 205 g/mol. The van der Waals surface area contributed by atoms with Gasteiger partial charge in [0.05, 0.1) is 5.69 Å². The van der Waals surface area contributed by atoms with Gasteiger partial charge in [-0.25, -0.2) is 9.97 Å². The van der Waals surface area contributed by atoms with Gasteiger partial charge in [0, 0.05) is 12.7 Å². The van der Waals surface area contributed by atoms with Crippen LogP contribution in [0.25, 0.3) is 0 Å². The van der Waals surface area contributed by atoms with E-state index in [1.165, 1.54) is 19.3 Å². The summed E-state index contributed by atoms with van der Waals surface area (Å²) in [7, 11) is 0. The summed E-state index contributed by atoms with van der Waals surface area (Å²) in [6.07, 6.45) is 10.2. The number of nitrogens with one attached hydrogen (secondary N) is 1. The van der Waals surface area contributed by atoms with E-state index in [4.69, 9.17) is 0 Å². The van der Waals surface area contributed by atoms with E-state index < -0.39 is 0 Å². The number of rotatable bonds is 8. The summed E-state index contributed by atoms with van der Waals surface area (Å²) < 4.78 is 0. The summed E-state index contributed by atoms with van der Waals surface area (Å²) in [5.41, 5.74) is 1.05. The Morgan fingerprint density at radius 3 is 3.00 bits per heavy atom. The molecule has 0 radical (unpaired) electrons. The predicted octanol–water partition coefficient (Wildman–Crippen LogP) is 2.31. The Morgan fingerprint density at radius 2 is 2.27 bits per heavy atom. The first-order chi connectivity index (χ1) is 7.43. The summed E-state index contributed by atoms with van der Waals surface area (Å²) in [6.45, 7) is 5.60.